The molecule has 2 heteroatoms. The van der Waals surface area contributed by atoms with Gasteiger partial charge in [0.2, 0.25) is 0 Å². The van der Waals surface area contributed by atoms with Crippen LogP contribution in [0.1, 0.15) is 22.8 Å². The zero-order valence-corrected chi connectivity index (χ0v) is 9.30. The van der Waals surface area contributed by atoms with Gasteiger partial charge in [-0.15, -0.1) is 0 Å². The van der Waals surface area contributed by atoms with Crippen LogP contribution in [0, 0.1) is 6.92 Å². The van der Waals surface area contributed by atoms with Crippen molar-refractivity contribution in [1.82, 2.24) is 4.98 Å². The summed E-state index contributed by atoms with van der Waals surface area (Å²) in [6.07, 6.45) is 3.60. The summed E-state index contributed by atoms with van der Waals surface area (Å²) in [6.45, 7) is 2.06. The first-order valence-electron chi connectivity index (χ1n) is 5.40. The Balaban J connectivity index is 2.14. The molecule has 0 aliphatic carbocycles. The molecule has 0 fully saturated rings. The van der Waals surface area contributed by atoms with Crippen LogP contribution in [0.25, 0.3) is 0 Å². The number of aliphatic hydroxyl groups excluding tert-OH is 1. The Bertz CT molecular complexity index is 453. The van der Waals surface area contributed by atoms with Crippen LogP contribution in [-0.4, -0.2) is 10.1 Å². The Morgan fingerprint density at radius 1 is 1.12 bits per heavy atom. The molecule has 2 nitrogen and oxygen atoms in total. The van der Waals surface area contributed by atoms with Gasteiger partial charge in [-0.2, -0.15) is 0 Å². The molecular formula is C14H15NO. The number of aromatic nitrogens is 1. The highest BCUT2D eigenvalue weighted by Gasteiger charge is 2.09. The molecule has 82 valence electrons. The van der Waals surface area contributed by atoms with E-state index in [1.54, 1.807) is 12.4 Å². The third-order valence-electron chi connectivity index (χ3n) is 2.77. The number of pyridine rings is 1. The average Bonchev–Trinajstić information content (AvgIpc) is 2.33. The Kier molecular flexibility index (Phi) is 3.32. The van der Waals surface area contributed by atoms with Gasteiger partial charge in [-0.1, -0.05) is 24.3 Å². The fourth-order valence-corrected chi connectivity index (χ4v) is 1.75. The second kappa shape index (κ2) is 4.90. The topological polar surface area (TPSA) is 33.1 Å². The number of aliphatic hydroxyl groups is 1. The lowest BCUT2D eigenvalue weighted by Crippen LogP contribution is -2.03. The first-order chi connectivity index (χ1) is 7.77. The lowest BCUT2D eigenvalue weighted by molar-refractivity contribution is 0.178. The molecule has 1 N–H and O–H groups in total. The van der Waals surface area contributed by atoms with Gasteiger partial charge in [0, 0.05) is 18.8 Å². The van der Waals surface area contributed by atoms with E-state index in [9.17, 15) is 5.11 Å². The van der Waals surface area contributed by atoms with Gasteiger partial charge in [0.15, 0.2) is 0 Å². The Hall–Kier alpha value is -1.67. The SMILES string of the molecule is Cc1ccccc1CC(O)c1ccncc1. The first-order valence-corrected chi connectivity index (χ1v) is 5.40. The largest absolute Gasteiger partial charge is 0.388 e. The van der Waals surface area contributed by atoms with Crippen LogP contribution in [0.2, 0.25) is 0 Å². The summed E-state index contributed by atoms with van der Waals surface area (Å²) in [5.41, 5.74) is 3.32. The van der Waals surface area contributed by atoms with Crippen molar-refractivity contribution in [2.24, 2.45) is 0 Å². The molecule has 0 amide bonds. The van der Waals surface area contributed by atoms with Crippen molar-refractivity contribution in [3.8, 4) is 0 Å². The second-order valence-electron chi connectivity index (χ2n) is 3.93. The minimum Gasteiger partial charge on any atom is -0.388 e. The van der Waals surface area contributed by atoms with Gasteiger partial charge in [-0.25, -0.2) is 0 Å². The highest BCUT2D eigenvalue weighted by Crippen LogP contribution is 2.19. The zero-order chi connectivity index (χ0) is 11.4. The molecule has 2 aromatic rings. The maximum absolute atomic E-state index is 10.1. The number of nitrogens with zero attached hydrogens (tertiary/aromatic N) is 1. The van der Waals surface area contributed by atoms with E-state index in [1.807, 2.05) is 24.3 Å². The molecule has 0 bridgehead atoms. The molecule has 16 heavy (non-hydrogen) atoms. The predicted molar refractivity (Wildman–Crippen MR) is 64.1 cm³/mol. The van der Waals surface area contributed by atoms with Crippen molar-refractivity contribution in [2.45, 2.75) is 19.4 Å². The molecule has 0 saturated heterocycles. The van der Waals surface area contributed by atoms with Crippen molar-refractivity contribution in [3.05, 3.63) is 65.5 Å². The van der Waals surface area contributed by atoms with Crippen LogP contribution in [0.15, 0.2) is 48.8 Å². The van der Waals surface area contributed by atoms with E-state index in [0.29, 0.717) is 6.42 Å². The van der Waals surface area contributed by atoms with Gasteiger partial charge in [-0.3, -0.25) is 4.98 Å². The van der Waals surface area contributed by atoms with Crippen LogP contribution in [-0.2, 0) is 6.42 Å². The van der Waals surface area contributed by atoms with Crippen LogP contribution in [0.5, 0.6) is 0 Å². The molecule has 2 rings (SSSR count). The third kappa shape index (κ3) is 2.47. The third-order valence-corrected chi connectivity index (χ3v) is 2.77. The van der Waals surface area contributed by atoms with Crippen molar-refractivity contribution in [2.75, 3.05) is 0 Å². The molecule has 1 heterocycles. The monoisotopic (exact) mass is 213 g/mol. The molecule has 1 atom stereocenters. The number of aryl methyl sites for hydroxylation is 1. The van der Waals surface area contributed by atoms with Gasteiger partial charge in [0.05, 0.1) is 6.10 Å². The van der Waals surface area contributed by atoms with Crippen LogP contribution < -0.4 is 0 Å². The Labute approximate surface area is 95.6 Å². The summed E-state index contributed by atoms with van der Waals surface area (Å²) >= 11 is 0. The normalized spacial score (nSPS) is 12.4. The first kappa shape index (κ1) is 10.8. The van der Waals surface area contributed by atoms with Gasteiger partial charge < -0.3 is 5.11 Å². The van der Waals surface area contributed by atoms with Crippen molar-refractivity contribution in [3.63, 3.8) is 0 Å². The molecule has 1 aromatic carbocycles. The van der Waals surface area contributed by atoms with E-state index >= 15 is 0 Å². The Morgan fingerprint density at radius 3 is 2.50 bits per heavy atom. The van der Waals surface area contributed by atoms with Crippen LogP contribution in [0.4, 0.5) is 0 Å². The standard InChI is InChI=1S/C14H15NO/c1-11-4-2-3-5-13(11)10-14(16)12-6-8-15-9-7-12/h2-9,14,16H,10H2,1H3. The number of rotatable bonds is 3. The number of hydrogen-bond donors (Lipinski definition) is 1. The van der Waals surface area contributed by atoms with Gasteiger partial charge in [0.25, 0.3) is 0 Å². The van der Waals surface area contributed by atoms with Gasteiger partial charge in [0.1, 0.15) is 0 Å². The summed E-state index contributed by atoms with van der Waals surface area (Å²) in [5.74, 6) is 0. The summed E-state index contributed by atoms with van der Waals surface area (Å²) in [6, 6.07) is 11.8. The summed E-state index contributed by atoms with van der Waals surface area (Å²) in [7, 11) is 0. The quantitative estimate of drug-likeness (QED) is 0.850. The van der Waals surface area contributed by atoms with E-state index in [1.165, 1.54) is 11.1 Å². The van der Waals surface area contributed by atoms with Crippen LogP contribution >= 0.6 is 0 Å². The smallest absolute Gasteiger partial charge is 0.0831 e. The van der Waals surface area contributed by atoms with E-state index in [0.717, 1.165) is 5.56 Å². The maximum Gasteiger partial charge on any atom is 0.0831 e. The average molecular weight is 213 g/mol. The Morgan fingerprint density at radius 2 is 1.81 bits per heavy atom. The number of hydrogen-bond acceptors (Lipinski definition) is 2. The lowest BCUT2D eigenvalue weighted by Gasteiger charge is -2.12. The fourth-order valence-electron chi connectivity index (χ4n) is 1.75. The van der Waals surface area contributed by atoms with Crippen molar-refractivity contribution in [1.29, 1.82) is 0 Å². The summed E-state index contributed by atoms with van der Waals surface area (Å²) < 4.78 is 0. The molecule has 0 saturated carbocycles. The maximum atomic E-state index is 10.1. The minimum absolute atomic E-state index is 0.455. The highest BCUT2D eigenvalue weighted by molar-refractivity contribution is 5.27. The van der Waals surface area contributed by atoms with Crippen molar-refractivity contribution < 1.29 is 5.11 Å². The zero-order valence-electron chi connectivity index (χ0n) is 9.30. The molecule has 1 unspecified atom stereocenters. The molecule has 1 aromatic heterocycles. The molecule has 0 spiro atoms. The molecular weight excluding hydrogens is 198 g/mol. The molecule has 0 radical (unpaired) electrons. The predicted octanol–water partition coefficient (Wildman–Crippen LogP) is 2.67. The van der Waals surface area contributed by atoms with Gasteiger partial charge in [-0.05, 0) is 35.7 Å². The molecule has 0 aliphatic heterocycles. The highest BCUT2D eigenvalue weighted by atomic mass is 16.3. The number of benzene rings is 1. The summed E-state index contributed by atoms with van der Waals surface area (Å²) in [4.78, 5) is 3.94. The van der Waals surface area contributed by atoms with E-state index in [-0.39, 0.29) is 0 Å². The van der Waals surface area contributed by atoms with E-state index in [4.69, 9.17) is 0 Å². The van der Waals surface area contributed by atoms with Crippen LogP contribution in [0.3, 0.4) is 0 Å². The van der Waals surface area contributed by atoms with Crippen molar-refractivity contribution >= 4 is 0 Å². The molecule has 0 aliphatic rings. The fraction of sp³-hybridized carbons (Fsp3) is 0.214. The van der Waals surface area contributed by atoms with Gasteiger partial charge >= 0.3 is 0 Å². The lowest BCUT2D eigenvalue weighted by atomic mass is 9.99. The second-order valence-corrected chi connectivity index (χ2v) is 3.93. The van der Waals surface area contributed by atoms with E-state index in [2.05, 4.69) is 24.0 Å². The van der Waals surface area contributed by atoms with E-state index < -0.39 is 6.10 Å². The minimum atomic E-state index is -0.455. The summed E-state index contributed by atoms with van der Waals surface area (Å²) in [5, 5.41) is 10.1.